The Morgan fingerprint density at radius 3 is 2.73 bits per heavy atom. The Morgan fingerprint density at radius 1 is 1.47 bits per heavy atom. The molecular formula is C10H16N4O. The Balaban J connectivity index is 2.63. The normalized spacial score (nSPS) is 10.1. The van der Waals surface area contributed by atoms with Gasteiger partial charge >= 0.3 is 0 Å². The van der Waals surface area contributed by atoms with Crippen molar-refractivity contribution in [2.45, 2.75) is 6.92 Å². The fourth-order valence-corrected chi connectivity index (χ4v) is 1.08. The van der Waals surface area contributed by atoms with Crippen molar-refractivity contribution in [2.75, 3.05) is 27.2 Å². The van der Waals surface area contributed by atoms with Gasteiger partial charge in [0.1, 0.15) is 5.69 Å². The Hall–Kier alpha value is -1.49. The van der Waals surface area contributed by atoms with E-state index in [4.69, 9.17) is 0 Å². The molecule has 0 aliphatic carbocycles. The van der Waals surface area contributed by atoms with Gasteiger partial charge in [-0.3, -0.25) is 9.78 Å². The van der Waals surface area contributed by atoms with E-state index in [0.29, 0.717) is 12.2 Å². The van der Waals surface area contributed by atoms with E-state index < -0.39 is 0 Å². The summed E-state index contributed by atoms with van der Waals surface area (Å²) >= 11 is 0. The van der Waals surface area contributed by atoms with E-state index in [1.54, 1.807) is 18.1 Å². The van der Waals surface area contributed by atoms with Gasteiger partial charge in [0, 0.05) is 26.3 Å². The molecule has 1 rings (SSSR count). The van der Waals surface area contributed by atoms with E-state index in [-0.39, 0.29) is 5.91 Å². The Bertz CT molecular complexity index is 323. The van der Waals surface area contributed by atoms with Crippen molar-refractivity contribution in [3.05, 3.63) is 23.8 Å². The zero-order chi connectivity index (χ0) is 11.3. The molecule has 0 aliphatic heterocycles. The molecule has 0 radical (unpaired) electrons. The molecule has 1 aromatic heterocycles. The first-order valence-corrected chi connectivity index (χ1v) is 4.84. The average Bonchev–Trinajstić information content (AvgIpc) is 2.26. The molecule has 0 spiro atoms. The minimum atomic E-state index is -0.0993. The minimum absolute atomic E-state index is 0.0993. The number of nitrogens with zero attached hydrogens (tertiary/aromatic N) is 3. The molecule has 0 saturated carbocycles. The van der Waals surface area contributed by atoms with Crippen molar-refractivity contribution in [3.8, 4) is 0 Å². The molecule has 15 heavy (non-hydrogen) atoms. The van der Waals surface area contributed by atoms with Gasteiger partial charge in [-0.25, -0.2) is 4.98 Å². The van der Waals surface area contributed by atoms with E-state index in [0.717, 1.165) is 12.2 Å². The summed E-state index contributed by atoms with van der Waals surface area (Å²) in [5.74, 6) is -0.0993. The Morgan fingerprint density at radius 2 is 2.20 bits per heavy atom. The third-order valence-electron chi connectivity index (χ3n) is 2.04. The van der Waals surface area contributed by atoms with Gasteiger partial charge < -0.3 is 10.2 Å². The smallest absolute Gasteiger partial charge is 0.273 e. The summed E-state index contributed by atoms with van der Waals surface area (Å²) in [6.07, 6.45) is 3.10. The molecule has 0 bridgehead atoms. The molecule has 1 heterocycles. The van der Waals surface area contributed by atoms with Gasteiger partial charge in [0.05, 0.1) is 11.9 Å². The van der Waals surface area contributed by atoms with Gasteiger partial charge in [0.15, 0.2) is 0 Å². The molecular weight excluding hydrogens is 192 g/mol. The fraction of sp³-hybridized carbons (Fsp3) is 0.500. The van der Waals surface area contributed by atoms with Crippen LogP contribution >= 0.6 is 0 Å². The van der Waals surface area contributed by atoms with Crippen molar-refractivity contribution >= 4 is 5.91 Å². The minimum Gasteiger partial charge on any atom is -0.339 e. The first kappa shape index (κ1) is 11.6. The lowest BCUT2D eigenvalue weighted by atomic mass is 10.3. The number of hydrogen-bond donors (Lipinski definition) is 1. The van der Waals surface area contributed by atoms with Gasteiger partial charge in [0.2, 0.25) is 0 Å². The first-order valence-electron chi connectivity index (χ1n) is 4.84. The van der Waals surface area contributed by atoms with Crippen molar-refractivity contribution in [3.63, 3.8) is 0 Å². The molecule has 0 saturated heterocycles. The summed E-state index contributed by atoms with van der Waals surface area (Å²) in [6, 6.07) is 0. The second-order valence-electron chi connectivity index (χ2n) is 3.37. The van der Waals surface area contributed by atoms with Crippen LogP contribution in [0.4, 0.5) is 0 Å². The van der Waals surface area contributed by atoms with Crippen LogP contribution in [0.25, 0.3) is 0 Å². The van der Waals surface area contributed by atoms with E-state index in [1.165, 1.54) is 6.20 Å². The maximum atomic E-state index is 11.8. The highest BCUT2D eigenvalue weighted by atomic mass is 16.2. The molecule has 5 nitrogen and oxygen atoms in total. The number of nitrogens with one attached hydrogen (secondary N) is 1. The zero-order valence-electron chi connectivity index (χ0n) is 9.32. The van der Waals surface area contributed by atoms with Gasteiger partial charge in [-0.15, -0.1) is 0 Å². The second-order valence-corrected chi connectivity index (χ2v) is 3.37. The third kappa shape index (κ3) is 3.28. The molecule has 0 aromatic carbocycles. The van der Waals surface area contributed by atoms with Crippen LogP contribution in [0.3, 0.4) is 0 Å². The van der Waals surface area contributed by atoms with Crippen LogP contribution in [-0.4, -0.2) is 48.0 Å². The number of aryl methyl sites for hydroxylation is 1. The van der Waals surface area contributed by atoms with Crippen LogP contribution in [0, 0.1) is 6.92 Å². The van der Waals surface area contributed by atoms with Crippen LogP contribution in [0.1, 0.15) is 16.2 Å². The van der Waals surface area contributed by atoms with Gasteiger partial charge in [-0.05, 0) is 14.0 Å². The number of hydrogen-bond acceptors (Lipinski definition) is 4. The van der Waals surface area contributed by atoms with Crippen molar-refractivity contribution in [1.82, 2.24) is 20.2 Å². The van der Waals surface area contributed by atoms with Crippen LogP contribution < -0.4 is 5.32 Å². The highest BCUT2D eigenvalue weighted by Crippen LogP contribution is 1.98. The number of carbonyl (C=O) groups is 1. The number of likely N-dealkylation sites (N-methyl/N-ethyl adjacent to an activating group) is 2. The van der Waals surface area contributed by atoms with Crippen molar-refractivity contribution in [1.29, 1.82) is 0 Å². The topological polar surface area (TPSA) is 58.1 Å². The second kappa shape index (κ2) is 5.41. The van der Waals surface area contributed by atoms with Crippen LogP contribution in [0.5, 0.6) is 0 Å². The van der Waals surface area contributed by atoms with Gasteiger partial charge in [-0.1, -0.05) is 0 Å². The molecule has 0 fully saturated rings. The number of aromatic nitrogens is 2. The predicted octanol–water partition coefficient (Wildman–Crippen LogP) is 0.0764. The van der Waals surface area contributed by atoms with E-state index >= 15 is 0 Å². The van der Waals surface area contributed by atoms with E-state index in [2.05, 4.69) is 15.3 Å². The maximum absolute atomic E-state index is 11.8. The van der Waals surface area contributed by atoms with Crippen molar-refractivity contribution in [2.24, 2.45) is 0 Å². The van der Waals surface area contributed by atoms with E-state index in [1.807, 2.05) is 14.0 Å². The summed E-state index contributed by atoms with van der Waals surface area (Å²) < 4.78 is 0. The molecule has 1 amide bonds. The highest BCUT2D eigenvalue weighted by molar-refractivity contribution is 5.91. The molecule has 1 N–H and O–H groups in total. The largest absolute Gasteiger partial charge is 0.339 e. The van der Waals surface area contributed by atoms with Crippen LogP contribution in [-0.2, 0) is 0 Å². The number of carbonyl (C=O) groups excluding carboxylic acids is 1. The van der Waals surface area contributed by atoms with E-state index in [9.17, 15) is 4.79 Å². The summed E-state index contributed by atoms with van der Waals surface area (Å²) in [5, 5.41) is 2.98. The lowest BCUT2D eigenvalue weighted by molar-refractivity contribution is 0.0790. The summed E-state index contributed by atoms with van der Waals surface area (Å²) in [4.78, 5) is 21.4. The van der Waals surface area contributed by atoms with Crippen LogP contribution in [0.2, 0.25) is 0 Å². The molecule has 82 valence electrons. The highest BCUT2D eigenvalue weighted by Gasteiger charge is 2.12. The molecule has 0 unspecified atom stereocenters. The zero-order valence-corrected chi connectivity index (χ0v) is 9.32. The predicted molar refractivity (Wildman–Crippen MR) is 57.7 cm³/mol. The Labute approximate surface area is 89.5 Å². The third-order valence-corrected chi connectivity index (χ3v) is 2.04. The number of amides is 1. The average molecular weight is 208 g/mol. The SMILES string of the molecule is CNCCN(C)C(=O)c1cnc(C)cn1. The lowest BCUT2D eigenvalue weighted by Crippen LogP contribution is -2.33. The van der Waals surface area contributed by atoms with Gasteiger partial charge in [0.25, 0.3) is 5.91 Å². The fourth-order valence-electron chi connectivity index (χ4n) is 1.08. The molecule has 0 aliphatic rings. The lowest BCUT2D eigenvalue weighted by Gasteiger charge is -2.15. The maximum Gasteiger partial charge on any atom is 0.273 e. The molecule has 1 aromatic rings. The molecule has 5 heteroatoms. The summed E-state index contributed by atoms with van der Waals surface area (Å²) in [5.41, 5.74) is 1.20. The summed E-state index contributed by atoms with van der Waals surface area (Å²) in [6.45, 7) is 3.26. The Kier molecular flexibility index (Phi) is 4.17. The first-order chi connectivity index (χ1) is 7.15. The number of rotatable bonds is 4. The monoisotopic (exact) mass is 208 g/mol. The molecule has 0 atom stereocenters. The van der Waals surface area contributed by atoms with Crippen molar-refractivity contribution < 1.29 is 4.79 Å². The van der Waals surface area contributed by atoms with Crippen LogP contribution in [0.15, 0.2) is 12.4 Å². The standard InChI is InChI=1S/C10H16N4O/c1-8-6-13-9(7-12-8)10(15)14(3)5-4-11-2/h6-7,11H,4-5H2,1-3H3. The summed E-state index contributed by atoms with van der Waals surface area (Å²) in [7, 11) is 3.60. The quantitative estimate of drug-likeness (QED) is 0.761. The van der Waals surface area contributed by atoms with Gasteiger partial charge in [-0.2, -0.15) is 0 Å².